The molecule has 0 spiro atoms. The number of fused-ring (bicyclic) bond motifs is 1. The number of rotatable bonds is 1. The Morgan fingerprint density at radius 1 is 1.15 bits per heavy atom. The van der Waals surface area contributed by atoms with E-state index in [9.17, 15) is 9.59 Å². The van der Waals surface area contributed by atoms with Crippen molar-refractivity contribution in [1.82, 2.24) is 4.90 Å². The number of likely N-dealkylation sites (tertiary alicyclic amines) is 1. The van der Waals surface area contributed by atoms with E-state index < -0.39 is 0 Å². The molecule has 3 nitrogen and oxygen atoms in total. The van der Waals surface area contributed by atoms with E-state index in [1.807, 2.05) is 19.1 Å². The molecule has 0 aromatic rings. The molecule has 68 valence electrons. The molecule has 0 aromatic heterocycles. The third-order valence-electron chi connectivity index (χ3n) is 2.55. The highest BCUT2D eigenvalue weighted by Gasteiger charge is 2.44. The summed E-state index contributed by atoms with van der Waals surface area (Å²) in [7, 11) is 0. The fourth-order valence-electron chi connectivity index (χ4n) is 1.86. The van der Waals surface area contributed by atoms with E-state index in [2.05, 4.69) is 0 Å². The molecule has 1 aliphatic heterocycles. The molecule has 0 saturated carbocycles. The quantitative estimate of drug-likeness (QED) is 0.554. The third-order valence-corrected chi connectivity index (χ3v) is 2.55. The average molecular weight is 177 g/mol. The van der Waals surface area contributed by atoms with Gasteiger partial charge in [0.1, 0.15) is 0 Å². The first kappa shape index (κ1) is 8.23. The minimum atomic E-state index is -0.238. The van der Waals surface area contributed by atoms with E-state index >= 15 is 0 Å². The van der Waals surface area contributed by atoms with Crippen LogP contribution in [0.3, 0.4) is 0 Å². The molecule has 3 heteroatoms. The highest BCUT2D eigenvalue weighted by atomic mass is 16.2. The van der Waals surface area contributed by atoms with Gasteiger partial charge in [0.25, 0.3) is 0 Å². The van der Waals surface area contributed by atoms with Crippen LogP contribution in [0.1, 0.15) is 6.92 Å². The predicted octanol–water partition coefficient (Wildman–Crippen LogP) is 0.734. The molecule has 13 heavy (non-hydrogen) atoms. The zero-order valence-corrected chi connectivity index (χ0v) is 7.43. The van der Waals surface area contributed by atoms with Crippen LogP contribution >= 0.6 is 0 Å². The highest BCUT2D eigenvalue weighted by molar-refractivity contribution is 6.07. The Morgan fingerprint density at radius 3 is 2.00 bits per heavy atom. The number of hydrogen-bond acceptors (Lipinski definition) is 2. The maximum Gasteiger partial charge on any atom is 0.237 e. The fraction of sp³-hybridized carbons (Fsp3) is 0.400. The highest BCUT2D eigenvalue weighted by Crippen LogP contribution is 2.30. The van der Waals surface area contributed by atoms with Crippen LogP contribution in [0.2, 0.25) is 0 Å². The first-order valence-corrected chi connectivity index (χ1v) is 4.46. The molecule has 2 aliphatic rings. The van der Waals surface area contributed by atoms with Crippen molar-refractivity contribution in [3.63, 3.8) is 0 Å². The van der Waals surface area contributed by atoms with Crippen LogP contribution in [-0.2, 0) is 9.59 Å². The van der Waals surface area contributed by atoms with Crippen molar-refractivity contribution in [3.8, 4) is 0 Å². The summed E-state index contributed by atoms with van der Waals surface area (Å²) in [6, 6.07) is 0. The van der Waals surface area contributed by atoms with Gasteiger partial charge in [-0.3, -0.25) is 14.5 Å². The molecule has 1 heterocycles. The third kappa shape index (κ3) is 1.03. The topological polar surface area (TPSA) is 37.4 Å². The predicted molar refractivity (Wildman–Crippen MR) is 47.7 cm³/mol. The number of allylic oxidation sites excluding steroid dienone is 2. The van der Waals surface area contributed by atoms with Crippen molar-refractivity contribution in [2.45, 2.75) is 6.92 Å². The van der Waals surface area contributed by atoms with Gasteiger partial charge in [0.2, 0.25) is 11.8 Å². The zero-order chi connectivity index (χ0) is 9.42. The maximum absolute atomic E-state index is 11.6. The van der Waals surface area contributed by atoms with Crippen LogP contribution in [0.5, 0.6) is 0 Å². The summed E-state index contributed by atoms with van der Waals surface area (Å²) >= 11 is 0. The van der Waals surface area contributed by atoms with Crippen LogP contribution in [-0.4, -0.2) is 23.3 Å². The van der Waals surface area contributed by atoms with Crippen molar-refractivity contribution < 1.29 is 9.59 Å². The Kier molecular flexibility index (Phi) is 1.79. The summed E-state index contributed by atoms with van der Waals surface area (Å²) in [6.45, 7) is 2.30. The maximum atomic E-state index is 11.6. The molecule has 2 rings (SSSR count). The Morgan fingerprint density at radius 2 is 1.62 bits per heavy atom. The monoisotopic (exact) mass is 177 g/mol. The fourth-order valence-corrected chi connectivity index (χ4v) is 1.86. The second kappa shape index (κ2) is 2.83. The lowest BCUT2D eigenvalue weighted by Crippen LogP contribution is -2.30. The number of amides is 2. The van der Waals surface area contributed by atoms with Crippen LogP contribution < -0.4 is 0 Å². The van der Waals surface area contributed by atoms with Gasteiger partial charge in [-0.25, -0.2) is 0 Å². The molecule has 1 aliphatic carbocycles. The minimum Gasteiger partial charge on any atom is -0.282 e. The van der Waals surface area contributed by atoms with Gasteiger partial charge < -0.3 is 0 Å². The number of nitrogens with zero attached hydrogens (tertiary/aromatic N) is 1. The van der Waals surface area contributed by atoms with Crippen molar-refractivity contribution in [2.75, 3.05) is 6.54 Å². The summed E-state index contributed by atoms with van der Waals surface area (Å²) in [6.07, 6.45) is 7.26. The summed E-state index contributed by atoms with van der Waals surface area (Å²) in [5.74, 6) is -0.592. The van der Waals surface area contributed by atoms with Gasteiger partial charge in [-0.2, -0.15) is 0 Å². The smallest absolute Gasteiger partial charge is 0.237 e. The van der Waals surface area contributed by atoms with Crippen molar-refractivity contribution >= 4 is 11.8 Å². The van der Waals surface area contributed by atoms with Crippen LogP contribution in [0.4, 0.5) is 0 Å². The number of carbonyl (C=O) groups is 2. The first-order chi connectivity index (χ1) is 6.25. The van der Waals surface area contributed by atoms with Gasteiger partial charge in [-0.05, 0) is 6.92 Å². The van der Waals surface area contributed by atoms with Crippen molar-refractivity contribution in [1.29, 1.82) is 0 Å². The molecule has 0 bridgehead atoms. The standard InChI is InChI=1S/C10H11NO2/c1-2-11-9(12)7-5-3-4-6-8(7)10(11)13/h3-8H,2H2,1H3. The summed E-state index contributed by atoms with van der Waals surface area (Å²) < 4.78 is 0. The Labute approximate surface area is 76.7 Å². The van der Waals surface area contributed by atoms with Gasteiger partial charge in [0.05, 0.1) is 11.8 Å². The molecule has 0 N–H and O–H groups in total. The van der Waals surface area contributed by atoms with Crippen molar-refractivity contribution in [3.05, 3.63) is 24.3 Å². The SMILES string of the molecule is CCN1C(=O)C2C=CC=CC2C1=O. The van der Waals surface area contributed by atoms with E-state index in [0.717, 1.165) is 0 Å². The molecule has 2 atom stereocenters. The molecule has 0 radical (unpaired) electrons. The average Bonchev–Trinajstić information content (AvgIpc) is 2.41. The molecule has 1 fully saturated rings. The van der Waals surface area contributed by atoms with Crippen LogP contribution in [0, 0.1) is 11.8 Å². The number of carbonyl (C=O) groups excluding carboxylic acids is 2. The normalized spacial score (nSPS) is 31.3. The molecule has 1 saturated heterocycles. The lowest BCUT2D eigenvalue weighted by molar-refractivity contribution is -0.139. The van der Waals surface area contributed by atoms with Gasteiger partial charge >= 0.3 is 0 Å². The molecular weight excluding hydrogens is 166 g/mol. The Bertz CT molecular complexity index is 287. The summed E-state index contributed by atoms with van der Waals surface area (Å²) in [5.41, 5.74) is 0. The van der Waals surface area contributed by atoms with Crippen LogP contribution in [0.15, 0.2) is 24.3 Å². The van der Waals surface area contributed by atoms with Crippen LogP contribution in [0.25, 0.3) is 0 Å². The van der Waals surface area contributed by atoms with Gasteiger partial charge in [0.15, 0.2) is 0 Å². The Hall–Kier alpha value is -1.38. The minimum absolute atomic E-state index is 0.0573. The van der Waals surface area contributed by atoms with Gasteiger partial charge in [-0.1, -0.05) is 24.3 Å². The molecule has 2 unspecified atom stereocenters. The largest absolute Gasteiger partial charge is 0.282 e. The summed E-state index contributed by atoms with van der Waals surface area (Å²) in [5, 5.41) is 0. The van der Waals surface area contributed by atoms with E-state index in [0.29, 0.717) is 6.54 Å². The second-order valence-electron chi connectivity index (χ2n) is 3.24. The number of hydrogen-bond donors (Lipinski definition) is 0. The lowest BCUT2D eigenvalue weighted by atomic mass is 9.91. The number of imide groups is 1. The summed E-state index contributed by atoms with van der Waals surface area (Å²) in [4.78, 5) is 24.5. The van der Waals surface area contributed by atoms with E-state index in [1.165, 1.54) is 4.90 Å². The van der Waals surface area contributed by atoms with E-state index in [1.54, 1.807) is 12.2 Å². The second-order valence-corrected chi connectivity index (χ2v) is 3.24. The zero-order valence-electron chi connectivity index (χ0n) is 7.43. The molecule has 2 amide bonds. The van der Waals surface area contributed by atoms with Crippen molar-refractivity contribution in [2.24, 2.45) is 11.8 Å². The Balaban J connectivity index is 2.35. The first-order valence-electron chi connectivity index (χ1n) is 4.46. The van der Waals surface area contributed by atoms with Gasteiger partial charge in [0, 0.05) is 6.54 Å². The van der Waals surface area contributed by atoms with E-state index in [-0.39, 0.29) is 23.7 Å². The molecular formula is C10H11NO2. The molecule has 0 aromatic carbocycles. The lowest BCUT2D eigenvalue weighted by Gasteiger charge is -2.09. The van der Waals surface area contributed by atoms with Gasteiger partial charge in [-0.15, -0.1) is 0 Å². The van der Waals surface area contributed by atoms with E-state index in [4.69, 9.17) is 0 Å².